The summed E-state index contributed by atoms with van der Waals surface area (Å²) in [6.07, 6.45) is 5.47. The molecule has 0 unspecified atom stereocenters. The van der Waals surface area contributed by atoms with Crippen LogP contribution in [-0.2, 0) is 4.79 Å². The molecule has 4 heteroatoms. The second-order valence-electron chi connectivity index (χ2n) is 5.82. The van der Waals surface area contributed by atoms with Crippen molar-refractivity contribution in [3.63, 3.8) is 0 Å². The molecule has 0 spiro atoms. The molecular formula is C15H17F2NO. The summed E-state index contributed by atoms with van der Waals surface area (Å²) in [6, 6.07) is 3.44. The predicted molar refractivity (Wildman–Crippen MR) is 68.5 cm³/mol. The van der Waals surface area contributed by atoms with Crippen LogP contribution in [0.3, 0.4) is 0 Å². The Morgan fingerprint density at radius 3 is 2.68 bits per heavy atom. The summed E-state index contributed by atoms with van der Waals surface area (Å²) in [5.74, 6) is 0.0585. The quantitative estimate of drug-likeness (QED) is 0.886. The second-order valence-corrected chi connectivity index (χ2v) is 5.82. The Bertz CT molecular complexity index is 503. The van der Waals surface area contributed by atoms with Gasteiger partial charge in [0, 0.05) is 18.2 Å². The molecule has 1 aromatic carbocycles. The molecule has 3 rings (SSSR count). The number of hydrogen-bond acceptors (Lipinski definition) is 1. The average Bonchev–Trinajstić information content (AvgIpc) is 2.96. The van der Waals surface area contributed by atoms with Gasteiger partial charge in [-0.1, -0.05) is 6.42 Å². The summed E-state index contributed by atoms with van der Waals surface area (Å²) in [6.45, 7) is 0. The van der Waals surface area contributed by atoms with E-state index in [9.17, 15) is 13.6 Å². The lowest BCUT2D eigenvalue weighted by Gasteiger charge is -2.20. The van der Waals surface area contributed by atoms with Crippen LogP contribution in [0.5, 0.6) is 0 Å². The molecule has 3 atom stereocenters. The van der Waals surface area contributed by atoms with Crippen molar-refractivity contribution in [3.05, 3.63) is 29.8 Å². The summed E-state index contributed by atoms with van der Waals surface area (Å²) in [7, 11) is 0. The molecule has 0 saturated heterocycles. The number of halogens is 2. The normalized spacial score (nSPS) is 28.6. The molecule has 2 aliphatic carbocycles. The van der Waals surface area contributed by atoms with Crippen LogP contribution in [0.4, 0.5) is 14.5 Å². The molecule has 2 saturated carbocycles. The van der Waals surface area contributed by atoms with Gasteiger partial charge in [-0.2, -0.15) is 0 Å². The highest BCUT2D eigenvalue weighted by molar-refractivity contribution is 5.90. The van der Waals surface area contributed by atoms with Gasteiger partial charge in [-0.3, -0.25) is 4.79 Å². The minimum atomic E-state index is -0.933. The monoisotopic (exact) mass is 265 g/mol. The van der Waals surface area contributed by atoms with Gasteiger partial charge in [0.05, 0.1) is 0 Å². The molecule has 0 radical (unpaired) electrons. The topological polar surface area (TPSA) is 29.1 Å². The van der Waals surface area contributed by atoms with Gasteiger partial charge in [0.25, 0.3) is 0 Å². The summed E-state index contributed by atoms with van der Waals surface area (Å²) < 4.78 is 25.8. The Balaban J connectivity index is 1.57. The van der Waals surface area contributed by atoms with E-state index in [0.717, 1.165) is 24.5 Å². The highest BCUT2D eigenvalue weighted by Gasteiger charge is 2.40. The van der Waals surface area contributed by atoms with Crippen molar-refractivity contribution in [2.75, 3.05) is 5.32 Å². The average molecular weight is 265 g/mol. The van der Waals surface area contributed by atoms with Crippen LogP contribution in [0.25, 0.3) is 0 Å². The first kappa shape index (κ1) is 12.6. The lowest BCUT2D eigenvalue weighted by atomic mass is 9.86. The third kappa shape index (κ3) is 2.62. The largest absolute Gasteiger partial charge is 0.326 e. The number of anilines is 1. The van der Waals surface area contributed by atoms with E-state index in [2.05, 4.69) is 5.32 Å². The maximum atomic E-state index is 13.0. The molecule has 102 valence electrons. The molecule has 2 bridgehead atoms. The van der Waals surface area contributed by atoms with E-state index in [1.807, 2.05) is 0 Å². The highest BCUT2D eigenvalue weighted by Crippen LogP contribution is 2.49. The van der Waals surface area contributed by atoms with Crippen LogP contribution < -0.4 is 5.32 Å². The number of amides is 1. The number of hydrogen-bond donors (Lipinski definition) is 1. The number of nitrogens with one attached hydrogen (secondary N) is 1. The van der Waals surface area contributed by atoms with E-state index < -0.39 is 11.6 Å². The second kappa shape index (κ2) is 4.91. The Morgan fingerprint density at radius 1 is 1.21 bits per heavy atom. The zero-order valence-corrected chi connectivity index (χ0v) is 10.7. The van der Waals surface area contributed by atoms with Gasteiger partial charge in [0.15, 0.2) is 11.6 Å². The fraction of sp³-hybridized carbons (Fsp3) is 0.533. The van der Waals surface area contributed by atoms with E-state index >= 15 is 0 Å². The fourth-order valence-corrected chi connectivity index (χ4v) is 3.65. The molecule has 2 fully saturated rings. The molecule has 1 aromatic rings. The third-order valence-corrected chi connectivity index (χ3v) is 4.54. The van der Waals surface area contributed by atoms with E-state index in [0.29, 0.717) is 23.9 Å². The maximum Gasteiger partial charge on any atom is 0.224 e. The SMILES string of the molecule is O=C(C[C@H]1C[C@@H]2CC[C@@H]1C2)Nc1ccc(F)c(F)c1. The minimum Gasteiger partial charge on any atom is -0.326 e. The molecule has 0 aliphatic heterocycles. The van der Waals surface area contributed by atoms with Crippen molar-refractivity contribution < 1.29 is 13.6 Å². The van der Waals surface area contributed by atoms with E-state index in [-0.39, 0.29) is 5.91 Å². The summed E-state index contributed by atoms with van der Waals surface area (Å²) in [5, 5.41) is 2.65. The smallest absolute Gasteiger partial charge is 0.224 e. The zero-order chi connectivity index (χ0) is 13.4. The Kier molecular flexibility index (Phi) is 3.25. The van der Waals surface area contributed by atoms with E-state index in [1.165, 1.54) is 25.3 Å². The number of rotatable bonds is 3. The van der Waals surface area contributed by atoms with Gasteiger partial charge in [0.2, 0.25) is 5.91 Å². The summed E-state index contributed by atoms with van der Waals surface area (Å²) >= 11 is 0. The highest BCUT2D eigenvalue weighted by atomic mass is 19.2. The molecule has 0 heterocycles. The van der Waals surface area contributed by atoms with E-state index in [4.69, 9.17) is 0 Å². The van der Waals surface area contributed by atoms with E-state index in [1.54, 1.807) is 0 Å². The maximum absolute atomic E-state index is 13.0. The van der Waals surface area contributed by atoms with Gasteiger partial charge in [-0.25, -0.2) is 8.78 Å². The van der Waals surface area contributed by atoms with Crippen molar-refractivity contribution in [2.24, 2.45) is 17.8 Å². The van der Waals surface area contributed by atoms with Crippen LogP contribution in [0, 0.1) is 29.4 Å². The van der Waals surface area contributed by atoms with Crippen LogP contribution in [0.2, 0.25) is 0 Å². The van der Waals surface area contributed by atoms with Gasteiger partial charge in [-0.15, -0.1) is 0 Å². The number of carbonyl (C=O) groups is 1. The number of benzene rings is 1. The summed E-state index contributed by atoms with van der Waals surface area (Å²) in [5.41, 5.74) is 0.326. The van der Waals surface area contributed by atoms with Crippen molar-refractivity contribution in [3.8, 4) is 0 Å². The standard InChI is InChI=1S/C15H17F2NO/c16-13-4-3-12(8-14(13)17)18-15(19)7-11-6-9-1-2-10(11)5-9/h3-4,8-11H,1-2,5-7H2,(H,18,19)/t9-,10-,11-/m1/s1. The Hall–Kier alpha value is -1.45. The lowest BCUT2D eigenvalue weighted by molar-refractivity contribution is -0.117. The molecule has 2 nitrogen and oxygen atoms in total. The Morgan fingerprint density at radius 2 is 2.05 bits per heavy atom. The fourth-order valence-electron chi connectivity index (χ4n) is 3.65. The van der Waals surface area contributed by atoms with Crippen LogP contribution >= 0.6 is 0 Å². The van der Waals surface area contributed by atoms with Gasteiger partial charge >= 0.3 is 0 Å². The lowest BCUT2D eigenvalue weighted by Crippen LogP contribution is -2.20. The van der Waals surface area contributed by atoms with Crippen molar-refractivity contribution >= 4 is 11.6 Å². The minimum absolute atomic E-state index is 0.0939. The van der Waals surface area contributed by atoms with Crippen LogP contribution in [-0.4, -0.2) is 5.91 Å². The van der Waals surface area contributed by atoms with Crippen molar-refractivity contribution in [1.29, 1.82) is 0 Å². The van der Waals surface area contributed by atoms with Crippen LogP contribution in [0.15, 0.2) is 18.2 Å². The predicted octanol–water partition coefficient (Wildman–Crippen LogP) is 3.73. The van der Waals surface area contributed by atoms with Crippen LogP contribution in [0.1, 0.15) is 32.1 Å². The Labute approximate surface area is 111 Å². The molecule has 0 aromatic heterocycles. The molecule has 1 amide bonds. The first-order valence-corrected chi connectivity index (χ1v) is 6.86. The molecule has 19 heavy (non-hydrogen) atoms. The third-order valence-electron chi connectivity index (χ3n) is 4.54. The first-order chi connectivity index (χ1) is 9.11. The molecular weight excluding hydrogens is 248 g/mol. The van der Waals surface area contributed by atoms with Gasteiger partial charge in [0.1, 0.15) is 0 Å². The first-order valence-electron chi connectivity index (χ1n) is 6.86. The van der Waals surface area contributed by atoms with Crippen molar-refractivity contribution in [2.45, 2.75) is 32.1 Å². The van der Waals surface area contributed by atoms with Gasteiger partial charge in [-0.05, 0) is 49.1 Å². The number of carbonyl (C=O) groups excluding carboxylic acids is 1. The summed E-state index contributed by atoms with van der Waals surface area (Å²) in [4.78, 5) is 11.9. The van der Waals surface area contributed by atoms with Crippen molar-refractivity contribution in [1.82, 2.24) is 0 Å². The van der Waals surface area contributed by atoms with Gasteiger partial charge < -0.3 is 5.32 Å². The molecule has 1 N–H and O–H groups in total. The zero-order valence-electron chi connectivity index (χ0n) is 10.7. The molecule has 2 aliphatic rings. The number of fused-ring (bicyclic) bond motifs is 2.